The molecule has 1 N–H and O–H groups in total. The topological polar surface area (TPSA) is 37.3 Å². The Morgan fingerprint density at radius 3 is 2.30 bits per heavy atom. The molecule has 0 bridgehead atoms. The van der Waals surface area contributed by atoms with Crippen molar-refractivity contribution in [2.45, 2.75) is 12.8 Å². The fourth-order valence-electron chi connectivity index (χ4n) is 2.03. The van der Waals surface area contributed by atoms with Crippen LogP contribution < -0.4 is 0 Å². The van der Waals surface area contributed by atoms with Gasteiger partial charge in [-0.2, -0.15) is 0 Å². The summed E-state index contributed by atoms with van der Waals surface area (Å²) in [6, 6.07) is 17.2. The maximum atomic E-state index is 10.9. The Hall–Kier alpha value is -2.06. The number of rotatable bonds is 5. The van der Waals surface area contributed by atoms with Crippen LogP contribution in [0.1, 0.15) is 17.5 Å². The first kappa shape index (κ1) is 14.4. The molecule has 0 amide bonds. The Labute approximate surface area is 123 Å². The highest BCUT2D eigenvalue weighted by Crippen LogP contribution is 2.21. The summed E-state index contributed by atoms with van der Waals surface area (Å²) in [4.78, 5) is 10.9. The number of carboxylic acids is 1. The number of benzene rings is 2. The smallest absolute Gasteiger partial charge is 0.328 e. The highest BCUT2D eigenvalue weighted by Gasteiger charge is 2.05. The van der Waals surface area contributed by atoms with Gasteiger partial charge in [0.05, 0.1) is 0 Å². The molecule has 0 saturated carbocycles. The highest BCUT2D eigenvalue weighted by molar-refractivity contribution is 6.30. The molecule has 0 aliphatic carbocycles. The third-order valence-corrected chi connectivity index (χ3v) is 3.29. The van der Waals surface area contributed by atoms with E-state index >= 15 is 0 Å². The molecule has 0 aromatic heterocycles. The van der Waals surface area contributed by atoms with E-state index in [2.05, 4.69) is 0 Å². The van der Waals surface area contributed by atoms with Crippen LogP contribution in [-0.2, 0) is 11.2 Å². The van der Waals surface area contributed by atoms with Crippen molar-refractivity contribution < 1.29 is 9.90 Å². The van der Waals surface area contributed by atoms with E-state index in [1.165, 1.54) is 6.08 Å². The van der Waals surface area contributed by atoms with Crippen molar-refractivity contribution in [3.05, 3.63) is 76.8 Å². The second-order valence-corrected chi connectivity index (χ2v) is 4.94. The predicted octanol–water partition coefficient (Wildman–Crippen LogP) is 4.44. The number of carboxylic acid groups (broad SMARTS) is 1. The van der Waals surface area contributed by atoms with Crippen LogP contribution in [0.3, 0.4) is 0 Å². The minimum Gasteiger partial charge on any atom is -0.478 e. The lowest BCUT2D eigenvalue weighted by molar-refractivity contribution is -0.131. The van der Waals surface area contributed by atoms with Gasteiger partial charge < -0.3 is 5.11 Å². The van der Waals surface area contributed by atoms with Crippen LogP contribution >= 0.6 is 11.6 Å². The van der Waals surface area contributed by atoms with E-state index in [9.17, 15) is 4.79 Å². The van der Waals surface area contributed by atoms with Crippen LogP contribution in [-0.4, -0.2) is 11.1 Å². The molecule has 20 heavy (non-hydrogen) atoms. The Morgan fingerprint density at radius 2 is 1.70 bits per heavy atom. The molecule has 0 fully saturated rings. The minimum atomic E-state index is -0.917. The summed E-state index contributed by atoms with van der Waals surface area (Å²) in [7, 11) is 0. The third-order valence-electron chi connectivity index (χ3n) is 3.04. The van der Waals surface area contributed by atoms with Gasteiger partial charge in [-0.05, 0) is 41.7 Å². The van der Waals surface area contributed by atoms with Gasteiger partial charge in [0.1, 0.15) is 0 Å². The van der Waals surface area contributed by atoms with Crippen LogP contribution in [0.4, 0.5) is 0 Å². The number of allylic oxidation sites excluding steroid dienone is 1. The predicted molar refractivity (Wildman–Crippen MR) is 81.8 cm³/mol. The first-order chi connectivity index (χ1) is 9.65. The lowest BCUT2D eigenvalue weighted by Crippen LogP contribution is -1.95. The van der Waals surface area contributed by atoms with Crippen LogP contribution in [0.15, 0.2) is 60.7 Å². The number of aryl methyl sites for hydroxylation is 1. The molecule has 0 spiro atoms. The van der Waals surface area contributed by atoms with Gasteiger partial charge in [0, 0.05) is 11.1 Å². The molecule has 2 aromatic carbocycles. The van der Waals surface area contributed by atoms with E-state index in [0.717, 1.165) is 23.1 Å². The third kappa shape index (κ3) is 4.25. The zero-order chi connectivity index (χ0) is 14.4. The van der Waals surface area contributed by atoms with E-state index in [1.54, 1.807) is 0 Å². The molecule has 0 unspecified atom stereocenters. The van der Waals surface area contributed by atoms with Crippen molar-refractivity contribution in [3.8, 4) is 0 Å². The van der Waals surface area contributed by atoms with Crippen molar-refractivity contribution in [1.29, 1.82) is 0 Å². The summed E-state index contributed by atoms with van der Waals surface area (Å²) >= 11 is 5.85. The summed E-state index contributed by atoms with van der Waals surface area (Å²) in [5.41, 5.74) is 2.92. The Morgan fingerprint density at radius 1 is 1.05 bits per heavy atom. The largest absolute Gasteiger partial charge is 0.478 e. The molecule has 2 aromatic rings. The molecule has 0 radical (unpaired) electrons. The van der Waals surface area contributed by atoms with E-state index in [1.807, 2.05) is 54.6 Å². The second kappa shape index (κ2) is 6.92. The standard InChI is InChI=1S/C17H15ClO2/c18-16-10-7-13(8-11-16)6-9-15(12-17(19)20)14-4-2-1-3-5-14/h1-5,7-8,10-12H,6,9H2,(H,19,20)/b15-12+. The molecule has 0 saturated heterocycles. The van der Waals surface area contributed by atoms with Gasteiger partial charge in [0.25, 0.3) is 0 Å². The highest BCUT2D eigenvalue weighted by atomic mass is 35.5. The molecule has 0 aliphatic rings. The maximum Gasteiger partial charge on any atom is 0.328 e. The number of halogens is 1. The molecule has 3 heteroatoms. The normalized spacial score (nSPS) is 11.3. The van der Waals surface area contributed by atoms with Gasteiger partial charge in [0.15, 0.2) is 0 Å². The maximum absolute atomic E-state index is 10.9. The summed E-state index contributed by atoms with van der Waals surface area (Å²) < 4.78 is 0. The lowest BCUT2D eigenvalue weighted by Gasteiger charge is -2.07. The fraction of sp³-hybridized carbons (Fsp3) is 0.118. The number of aliphatic carboxylic acids is 1. The van der Waals surface area contributed by atoms with E-state index in [0.29, 0.717) is 11.4 Å². The lowest BCUT2D eigenvalue weighted by atomic mass is 9.98. The number of hydrogen-bond acceptors (Lipinski definition) is 1. The van der Waals surface area contributed by atoms with E-state index in [4.69, 9.17) is 16.7 Å². The zero-order valence-corrected chi connectivity index (χ0v) is 11.7. The number of carbonyl (C=O) groups is 1. The molecule has 0 aliphatic heterocycles. The van der Waals surface area contributed by atoms with Gasteiger partial charge in [0.2, 0.25) is 0 Å². The first-order valence-electron chi connectivity index (χ1n) is 6.38. The quantitative estimate of drug-likeness (QED) is 0.825. The molecule has 0 atom stereocenters. The molecular weight excluding hydrogens is 272 g/mol. The van der Waals surface area contributed by atoms with Crippen LogP contribution in [0.2, 0.25) is 5.02 Å². The Bertz CT molecular complexity index is 601. The second-order valence-electron chi connectivity index (χ2n) is 4.50. The van der Waals surface area contributed by atoms with Gasteiger partial charge >= 0.3 is 5.97 Å². The fourth-order valence-corrected chi connectivity index (χ4v) is 2.16. The minimum absolute atomic E-state index is 0.679. The van der Waals surface area contributed by atoms with Gasteiger partial charge in [-0.25, -0.2) is 4.79 Å². The van der Waals surface area contributed by atoms with Gasteiger partial charge in [-0.15, -0.1) is 0 Å². The van der Waals surface area contributed by atoms with Crippen molar-refractivity contribution in [2.24, 2.45) is 0 Å². The monoisotopic (exact) mass is 286 g/mol. The summed E-state index contributed by atoms with van der Waals surface area (Å²) in [6.07, 6.45) is 2.74. The average Bonchev–Trinajstić information content (AvgIpc) is 2.46. The summed E-state index contributed by atoms with van der Waals surface area (Å²) in [5.74, 6) is -0.917. The van der Waals surface area contributed by atoms with Crippen molar-refractivity contribution >= 4 is 23.1 Å². The molecule has 0 heterocycles. The molecular formula is C17H15ClO2. The summed E-state index contributed by atoms with van der Waals surface area (Å²) in [5, 5.41) is 9.69. The van der Waals surface area contributed by atoms with Crippen molar-refractivity contribution in [1.82, 2.24) is 0 Å². The van der Waals surface area contributed by atoms with Crippen molar-refractivity contribution in [2.75, 3.05) is 0 Å². The summed E-state index contributed by atoms with van der Waals surface area (Å²) in [6.45, 7) is 0. The SMILES string of the molecule is O=C(O)/C=C(\CCc1ccc(Cl)cc1)c1ccccc1. The zero-order valence-electron chi connectivity index (χ0n) is 10.9. The molecule has 2 rings (SSSR count). The van der Waals surface area contributed by atoms with Gasteiger partial charge in [-0.3, -0.25) is 0 Å². The van der Waals surface area contributed by atoms with E-state index < -0.39 is 5.97 Å². The molecule has 102 valence electrons. The molecule has 2 nitrogen and oxygen atoms in total. The van der Waals surface area contributed by atoms with Crippen LogP contribution in [0.25, 0.3) is 5.57 Å². The first-order valence-corrected chi connectivity index (χ1v) is 6.76. The van der Waals surface area contributed by atoms with Crippen molar-refractivity contribution in [3.63, 3.8) is 0 Å². The van der Waals surface area contributed by atoms with Crippen LogP contribution in [0, 0.1) is 0 Å². The Kier molecular flexibility index (Phi) is 4.97. The Balaban J connectivity index is 2.13. The average molecular weight is 287 g/mol. The van der Waals surface area contributed by atoms with E-state index in [-0.39, 0.29) is 0 Å². The van der Waals surface area contributed by atoms with Crippen LogP contribution in [0.5, 0.6) is 0 Å². The number of hydrogen-bond donors (Lipinski definition) is 1. The van der Waals surface area contributed by atoms with Gasteiger partial charge in [-0.1, -0.05) is 54.1 Å².